The summed E-state index contributed by atoms with van der Waals surface area (Å²) < 4.78 is 0. The first-order chi connectivity index (χ1) is 13.1. The van der Waals surface area contributed by atoms with Crippen molar-refractivity contribution >= 4 is 27.5 Å². The highest BCUT2D eigenvalue weighted by atomic mass is 16.1. The average Bonchev–Trinajstić information content (AvgIpc) is 2.70. The van der Waals surface area contributed by atoms with E-state index in [9.17, 15) is 9.59 Å². The molecule has 0 aliphatic carbocycles. The number of aromatic nitrogens is 2. The lowest BCUT2D eigenvalue weighted by molar-refractivity contribution is -0.121. The van der Waals surface area contributed by atoms with Gasteiger partial charge in [-0.05, 0) is 29.3 Å². The Morgan fingerprint density at radius 1 is 0.963 bits per heavy atom. The third-order valence-electron chi connectivity index (χ3n) is 4.77. The van der Waals surface area contributed by atoms with Gasteiger partial charge in [-0.2, -0.15) is 5.10 Å². The number of carbonyl (C=O) groups excluding carboxylic acids is 1. The van der Waals surface area contributed by atoms with E-state index in [-0.39, 0.29) is 23.9 Å². The minimum absolute atomic E-state index is 0.104. The van der Waals surface area contributed by atoms with Gasteiger partial charge in [-0.25, -0.2) is 5.10 Å². The Hall–Kier alpha value is -3.47. The number of hydrogen-bond acceptors (Lipinski definition) is 3. The van der Waals surface area contributed by atoms with Crippen LogP contribution in [0.4, 0.5) is 0 Å². The van der Waals surface area contributed by atoms with E-state index < -0.39 is 0 Å². The second-order valence-electron chi connectivity index (χ2n) is 6.58. The van der Waals surface area contributed by atoms with Crippen LogP contribution in [0, 0.1) is 0 Å². The number of aromatic amines is 1. The van der Waals surface area contributed by atoms with E-state index in [0.717, 1.165) is 16.3 Å². The molecule has 5 nitrogen and oxygen atoms in total. The summed E-state index contributed by atoms with van der Waals surface area (Å²) in [4.78, 5) is 24.5. The molecule has 0 saturated carbocycles. The minimum atomic E-state index is -0.251. The fraction of sp³-hybridized carbons (Fsp3) is 0.136. The van der Waals surface area contributed by atoms with Crippen LogP contribution in [0.1, 0.15) is 24.2 Å². The SMILES string of the molecule is CC(NC(=O)Cc1n[nH]c(=O)c2ccccc12)c1cccc2ccccc12. The summed E-state index contributed by atoms with van der Waals surface area (Å²) in [5.41, 5.74) is 1.38. The maximum atomic E-state index is 12.6. The van der Waals surface area contributed by atoms with Gasteiger partial charge in [0.25, 0.3) is 5.56 Å². The molecule has 3 aromatic carbocycles. The molecule has 5 heteroatoms. The Balaban J connectivity index is 1.58. The van der Waals surface area contributed by atoms with Crippen molar-refractivity contribution in [2.45, 2.75) is 19.4 Å². The number of H-pyrrole nitrogens is 1. The Morgan fingerprint density at radius 2 is 1.63 bits per heavy atom. The van der Waals surface area contributed by atoms with Gasteiger partial charge in [-0.3, -0.25) is 9.59 Å². The van der Waals surface area contributed by atoms with Crippen LogP contribution in [-0.4, -0.2) is 16.1 Å². The molecule has 1 aromatic heterocycles. The van der Waals surface area contributed by atoms with Crippen LogP contribution in [0.15, 0.2) is 71.5 Å². The minimum Gasteiger partial charge on any atom is -0.349 e. The van der Waals surface area contributed by atoms with Crippen molar-refractivity contribution in [2.24, 2.45) is 0 Å². The number of benzene rings is 3. The molecule has 0 aliphatic heterocycles. The molecular formula is C22H19N3O2. The quantitative estimate of drug-likeness (QED) is 0.587. The van der Waals surface area contributed by atoms with Crippen molar-refractivity contribution in [1.82, 2.24) is 15.5 Å². The summed E-state index contributed by atoms with van der Waals surface area (Å²) in [6.45, 7) is 1.97. The maximum Gasteiger partial charge on any atom is 0.272 e. The molecule has 2 N–H and O–H groups in total. The van der Waals surface area contributed by atoms with Gasteiger partial charge in [0.05, 0.1) is 23.5 Å². The van der Waals surface area contributed by atoms with E-state index in [2.05, 4.69) is 33.7 Å². The second-order valence-corrected chi connectivity index (χ2v) is 6.58. The zero-order valence-electron chi connectivity index (χ0n) is 14.9. The predicted molar refractivity (Wildman–Crippen MR) is 107 cm³/mol. The number of hydrogen-bond donors (Lipinski definition) is 2. The van der Waals surface area contributed by atoms with Gasteiger partial charge < -0.3 is 5.32 Å². The van der Waals surface area contributed by atoms with Gasteiger partial charge in [0.2, 0.25) is 5.91 Å². The lowest BCUT2D eigenvalue weighted by atomic mass is 9.99. The molecule has 1 atom stereocenters. The number of carbonyl (C=O) groups is 1. The topological polar surface area (TPSA) is 74.8 Å². The highest BCUT2D eigenvalue weighted by molar-refractivity contribution is 5.89. The first-order valence-electron chi connectivity index (χ1n) is 8.87. The van der Waals surface area contributed by atoms with E-state index in [1.165, 1.54) is 0 Å². The number of nitrogens with zero attached hydrogens (tertiary/aromatic N) is 1. The average molecular weight is 357 g/mol. The summed E-state index contributed by atoms with van der Waals surface area (Å²) in [7, 11) is 0. The monoisotopic (exact) mass is 357 g/mol. The molecule has 0 radical (unpaired) electrons. The normalized spacial score (nSPS) is 12.2. The van der Waals surface area contributed by atoms with Crippen LogP contribution in [0.25, 0.3) is 21.5 Å². The van der Waals surface area contributed by atoms with Crippen molar-refractivity contribution in [3.8, 4) is 0 Å². The Labute approximate surface area is 156 Å². The van der Waals surface area contributed by atoms with Crippen LogP contribution in [-0.2, 0) is 11.2 Å². The van der Waals surface area contributed by atoms with E-state index in [0.29, 0.717) is 16.5 Å². The predicted octanol–water partition coefficient (Wildman–Crippen LogP) is 3.50. The zero-order chi connectivity index (χ0) is 18.8. The molecule has 4 aromatic rings. The fourth-order valence-corrected chi connectivity index (χ4v) is 3.46. The molecule has 0 saturated heterocycles. The Morgan fingerprint density at radius 3 is 2.44 bits per heavy atom. The molecule has 27 heavy (non-hydrogen) atoms. The van der Waals surface area contributed by atoms with Gasteiger partial charge in [0.1, 0.15) is 0 Å². The first kappa shape index (κ1) is 17.0. The van der Waals surface area contributed by atoms with Crippen LogP contribution in [0.3, 0.4) is 0 Å². The van der Waals surface area contributed by atoms with E-state index in [4.69, 9.17) is 0 Å². The third-order valence-corrected chi connectivity index (χ3v) is 4.77. The molecule has 134 valence electrons. The molecule has 1 heterocycles. The summed E-state index contributed by atoms with van der Waals surface area (Å²) in [5.74, 6) is -0.139. The number of nitrogens with one attached hydrogen (secondary N) is 2. The molecule has 1 amide bonds. The van der Waals surface area contributed by atoms with Gasteiger partial charge in [-0.1, -0.05) is 60.7 Å². The Kier molecular flexibility index (Phi) is 4.42. The number of fused-ring (bicyclic) bond motifs is 2. The summed E-state index contributed by atoms with van der Waals surface area (Å²) in [6.07, 6.45) is 0.104. The lowest BCUT2D eigenvalue weighted by Gasteiger charge is -2.17. The van der Waals surface area contributed by atoms with Crippen molar-refractivity contribution in [1.29, 1.82) is 0 Å². The molecular weight excluding hydrogens is 338 g/mol. The standard InChI is InChI=1S/C22H19N3O2/c1-14(16-12-6-8-15-7-2-3-9-17(15)16)23-21(26)13-20-18-10-4-5-11-19(18)22(27)25-24-20/h2-12,14H,13H2,1H3,(H,23,26)(H,25,27). The highest BCUT2D eigenvalue weighted by Crippen LogP contribution is 2.24. The van der Waals surface area contributed by atoms with Crippen LogP contribution >= 0.6 is 0 Å². The van der Waals surface area contributed by atoms with Gasteiger partial charge >= 0.3 is 0 Å². The number of amides is 1. The van der Waals surface area contributed by atoms with E-state index >= 15 is 0 Å². The zero-order valence-corrected chi connectivity index (χ0v) is 14.9. The smallest absolute Gasteiger partial charge is 0.272 e. The van der Waals surface area contributed by atoms with Crippen LogP contribution in [0.5, 0.6) is 0 Å². The number of rotatable bonds is 4. The van der Waals surface area contributed by atoms with Crippen molar-refractivity contribution in [2.75, 3.05) is 0 Å². The largest absolute Gasteiger partial charge is 0.349 e. The van der Waals surface area contributed by atoms with Gasteiger partial charge in [-0.15, -0.1) is 0 Å². The highest BCUT2D eigenvalue weighted by Gasteiger charge is 2.15. The molecule has 0 fully saturated rings. The van der Waals surface area contributed by atoms with Crippen LogP contribution in [0.2, 0.25) is 0 Å². The fourth-order valence-electron chi connectivity index (χ4n) is 3.46. The summed E-state index contributed by atoms with van der Waals surface area (Å²) in [6, 6.07) is 21.2. The molecule has 0 spiro atoms. The molecule has 1 unspecified atom stereocenters. The maximum absolute atomic E-state index is 12.6. The van der Waals surface area contributed by atoms with Crippen molar-refractivity contribution < 1.29 is 4.79 Å². The van der Waals surface area contributed by atoms with Gasteiger partial charge in [0, 0.05) is 5.39 Å². The molecule has 0 bridgehead atoms. The first-order valence-corrected chi connectivity index (χ1v) is 8.87. The summed E-state index contributed by atoms with van der Waals surface area (Å²) >= 11 is 0. The lowest BCUT2D eigenvalue weighted by Crippen LogP contribution is -2.29. The van der Waals surface area contributed by atoms with Gasteiger partial charge in [0.15, 0.2) is 0 Å². The van der Waals surface area contributed by atoms with Crippen LogP contribution < -0.4 is 10.9 Å². The molecule has 4 rings (SSSR count). The van der Waals surface area contributed by atoms with E-state index in [1.807, 2.05) is 43.3 Å². The summed E-state index contributed by atoms with van der Waals surface area (Å²) in [5, 5.41) is 13.1. The second kappa shape index (κ2) is 7.03. The van der Waals surface area contributed by atoms with E-state index in [1.54, 1.807) is 12.1 Å². The van der Waals surface area contributed by atoms with Crippen molar-refractivity contribution in [3.63, 3.8) is 0 Å². The third kappa shape index (κ3) is 3.31. The molecule has 0 aliphatic rings. The Bertz CT molecular complexity index is 1190. The van der Waals surface area contributed by atoms with Crippen molar-refractivity contribution in [3.05, 3.63) is 88.3 Å².